The molecule has 0 unspecified atom stereocenters. The minimum Gasteiger partial charge on any atom is -0.456 e. The molecule has 1 aliphatic rings. The Labute approximate surface area is 162 Å². The zero-order valence-corrected chi connectivity index (χ0v) is 15.6. The number of aromatic nitrogens is 1. The van der Waals surface area contributed by atoms with Gasteiger partial charge in [-0.1, -0.05) is 35.5 Å². The van der Waals surface area contributed by atoms with Crippen LogP contribution in [-0.4, -0.2) is 41.0 Å². The monoisotopic (exact) mass is 379 g/mol. The average molecular weight is 379 g/mol. The van der Waals surface area contributed by atoms with Crippen LogP contribution in [0.2, 0.25) is 0 Å². The molecule has 7 heteroatoms. The quantitative estimate of drug-likeness (QED) is 0.751. The van der Waals surface area contributed by atoms with Gasteiger partial charge in [0.25, 0.3) is 11.8 Å². The first-order chi connectivity index (χ1) is 13.6. The van der Waals surface area contributed by atoms with Crippen molar-refractivity contribution in [3.63, 3.8) is 0 Å². The second-order valence-corrected chi connectivity index (χ2v) is 6.89. The normalized spacial score (nSPS) is 14.8. The molecule has 2 aromatic heterocycles. The lowest BCUT2D eigenvalue weighted by Crippen LogP contribution is -2.46. The molecule has 4 rings (SSSR count). The number of carbonyl (C=O) groups is 2. The van der Waals surface area contributed by atoms with Gasteiger partial charge in [0.15, 0.2) is 17.2 Å². The molecule has 1 aliphatic heterocycles. The molecule has 3 aromatic rings. The molecule has 0 saturated carbocycles. The van der Waals surface area contributed by atoms with Crippen molar-refractivity contribution >= 4 is 11.8 Å². The first-order valence-corrected chi connectivity index (χ1v) is 9.29. The number of hydrogen-bond acceptors (Lipinski definition) is 5. The summed E-state index contributed by atoms with van der Waals surface area (Å²) >= 11 is 0. The molecule has 1 fully saturated rings. The summed E-state index contributed by atoms with van der Waals surface area (Å²) in [5.41, 5.74) is 1.18. The Morgan fingerprint density at radius 3 is 2.54 bits per heavy atom. The molecule has 28 heavy (non-hydrogen) atoms. The number of hydrogen-bond donors (Lipinski definition) is 1. The Hall–Kier alpha value is -3.35. The van der Waals surface area contributed by atoms with Crippen LogP contribution in [0.25, 0.3) is 11.3 Å². The van der Waals surface area contributed by atoms with Gasteiger partial charge in [-0.05, 0) is 31.9 Å². The predicted molar refractivity (Wildman–Crippen MR) is 102 cm³/mol. The molecule has 7 nitrogen and oxygen atoms in total. The van der Waals surface area contributed by atoms with Gasteiger partial charge in [0, 0.05) is 30.8 Å². The summed E-state index contributed by atoms with van der Waals surface area (Å²) in [5, 5.41) is 6.90. The molecule has 2 amide bonds. The molecule has 1 aromatic carbocycles. The Morgan fingerprint density at radius 2 is 1.86 bits per heavy atom. The molecule has 1 N–H and O–H groups in total. The SMILES string of the molecule is Cc1ccc(C(=O)NC2CCN(C(=O)c3cc(-c4ccccc4)on3)CC2)o1. The molecule has 144 valence electrons. The van der Waals surface area contributed by atoms with Gasteiger partial charge in [-0.25, -0.2) is 0 Å². The van der Waals surface area contributed by atoms with Gasteiger partial charge in [-0.3, -0.25) is 9.59 Å². The highest BCUT2D eigenvalue weighted by Gasteiger charge is 2.27. The van der Waals surface area contributed by atoms with Gasteiger partial charge in [-0.2, -0.15) is 0 Å². The lowest BCUT2D eigenvalue weighted by molar-refractivity contribution is 0.0686. The molecular formula is C21H21N3O4. The van der Waals surface area contributed by atoms with E-state index >= 15 is 0 Å². The van der Waals surface area contributed by atoms with Gasteiger partial charge in [0.1, 0.15) is 5.76 Å². The third-order valence-electron chi connectivity index (χ3n) is 4.87. The van der Waals surface area contributed by atoms with Crippen molar-refractivity contribution in [3.05, 3.63) is 65.7 Å². The van der Waals surface area contributed by atoms with E-state index in [9.17, 15) is 9.59 Å². The summed E-state index contributed by atoms with van der Waals surface area (Å²) in [7, 11) is 0. The van der Waals surface area contributed by atoms with Gasteiger partial charge in [0.2, 0.25) is 0 Å². The fraction of sp³-hybridized carbons (Fsp3) is 0.286. The van der Waals surface area contributed by atoms with E-state index in [1.165, 1.54) is 0 Å². The molecule has 0 bridgehead atoms. The zero-order valence-electron chi connectivity index (χ0n) is 15.6. The second-order valence-electron chi connectivity index (χ2n) is 6.89. The standard InChI is InChI=1S/C21H21N3O4/c1-14-7-8-18(27-14)20(25)22-16-9-11-24(12-10-16)21(26)17-13-19(28-23-17)15-5-3-2-4-6-15/h2-8,13,16H,9-12H2,1H3,(H,22,25). The van der Waals surface area contributed by atoms with E-state index in [0.717, 1.165) is 5.56 Å². The van der Waals surface area contributed by atoms with Crippen molar-refractivity contribution in [2.75, 3.05) is 13.1 Å². The largest absolute Gasteiger partial charge is 0.456 e. The molecule has 1 saturated heterocycles. The van der Waals surface area contributed by atoms with E-state index in [1.54, 1.807) is 30.0 Å². The van der Waals surface area contributed by atoms with Crippen molar-refractivity contribution < 1.29 is 18.5 Å². The number of aryl methyl sites for hydroxylation is 1. The Balaban J connectivity index is 1.33. The van der Waals surface area contributed by atoms with Crippen LogP contribution in [0.15, 0.2) is 57.5 Å². The summed E-state index contributed by atoms with van der Waals surface area (Å²) in [5.74, 6) is 1.21. The molecule has 0 spiro atoms. The third kappa shape index (κ3) is 3.83. The van der Waals surface area contributed by atoms with E-state index in [0.29, 0.717) is 48.9 Å². The van der Waals surface area contributed by atoms with Gasteiger partial charge >= 0.3 is 0 Å². The first-order valence-electron chi connectivity index (χ1n) is 9.29. The van der Waals surface area contributed by atoms with Crippen molar-refractivity contribution in [2.45, 2.75) is 25.8 Å². The highest BCUT2D eigenvalue weighted by molar-refractivity contribution is 5.93. The average Bonchev–Trinajstić information content (AvgIpc) is 3.38. The van der Waals surface area contributed by atoms with Crippen LogP contribution < -0.4 is 5.32 Å². The molecular weight excluding hydrogens is 358 g/mol. The number of piperidine rings is 1. The van der Waals surface area contributed by atoms with E-state index in [2.05, 4.69) is 10.5 Å². The molecule has 0 atom stereocenters. The van der Waals surface area contributed by atoms with E-state index in [4.69, 9.17) is 8.94 Å². The van der Waals surface area contributed by atoms with E-state index < -0.39 is 0 Å². The van der Waals surface area contributed by atoms with Gasteiger partial charge in [0.05, 0.1) is 0 Å². The van der Waals surface area contributed by atoms with Crippen LogP contribution >= 0.6 is 0 Å². The maximum absolute atomic E-state index is 12.7. The lowest BCUT2D eigenvalue weighted by Gasteiger charge is -2.31. The minimum atomic E-state index is -0.220. The van der Waals surface area contributed by atoms with Crippen molar-refractivity contribution in [1.82, 2.24) is 15.4 Å². The molecule has 0 aliphatic carbocycles. The van der Waals surface area contributed by atoms with Gasteiger partial charge in [-0.15, -0.1) is 0 Å². The number of nitrogens with one attached hydrogen (secondary N) is 1. The Morgan fingerprint density at radius 1 is 1.11 bits per heavy atom. The fourth-order valence-electron chi connectivity index (χ4n) is 3.32. The highest BCUT2D eigenvalue weighted by Crippen LogP contribution is 2.21. The number of amides is 2. The van der Waals surface area contributed by atoms with Crippen LogP contribution in [0.4, 0.5) is 0 Å². The van der Waals surface area contributed by atoms with Crippen LogP contribution in [0.5, 0.6) is 0 Å². The maximum atomic E-state index is 12.7. The fourth-order valence-corrected chi connectivity index (χ4v) is 3.32. The highest BCUT2D eigenvalue weighted by atomic mass is 16.5. The van der Waals surface area contributed by atoms with E-state index in [-0.39, 0.29) is 17.9 Å². The zero-order chi connectivity index (χ0) is 19.5. The number of carbonyl (C=O) groups excluding carboxylic acids is 2. The Bertz CT molecular complexity index is 968. The number of furan rings is 1. The number of nitrogens with zero attached hydrogens (tertiary/aromatic N) is 2. The predicted octanol–water partition coefficient (Wildman–Crippen LogP) is 3.28. The summed E-state index contributed by atoms with van der Waals surface area (Å²) in [6.45, 7) is 2.90. The second kappa shape index (κ2) is 7.72. The van der Waals surface area contributed by atoms with Gasteiger partial charge < -0.3 is 19.2 Å². The smallest absolute Gasteiger partial charge is 0.287 e. The minimum absolute atomic E-state index is 0.0131. The Kier molecular flexibility index (Phi) is 4.97. The topological polar surface area (TPSA) is 88.6 Å². The number of likely N-dealkylation sites (tertiary alicyclic amines) is 1. The molecule has 0 radical (unpaired) electrons. The molecule has 3 heterocycles. The first kappa shape index (κ1) is 18.0. The van der Waals surface area contributed by atoms with Crippen molar-refractivity contribution in [2.24, 2.45) is 0 Å². The van der Waals surface area contributed by atoms with Crippen LogP contribution in [0.3, 0.4) is 0 Å². The summed E-state index contributed by atoms with van der Waals surface area (Å²) in [6.07, 6.45) is 1.36. The van der Waals surface area contributed by atoms with Crippen LogP contribution in [0, 0.1) is 6.92 Å². The lowest BCUT2D eigenvalue weighted by atomic mass is 10.0. The maximum Gasteiger partial charge on any atom is 0.287 e. The van der Waals surface area contributed by atoms with Crippen LogP contribution in [0.1, 0.15) is 39.6 Å². The van der Waals surface area contributed by atoms with Crippen molar-refractivity contribution in [3.8, 4) is 11.3 Å². The number of benzene rings is 1. The van der Waals surface area contributed by atoms with E-state index in [1.807, 2.05) is 30.3 Å². The summed E-state index contributed by atoms with van der Waals surface area (Å²) < 4.78 is 10.7. The summed E-state index contributed by atoms with van der Waals surface area (Å²) in [4.78, 5) is 26.6. The summed E-state index contributed by atoms with van der Waals surface area (Å²) in [6, 6.07) is 14.7. The van der Waals surface area contributed by atoms with Crippen molar-refractivity contribution in [1.29, 1.82) is 0 Å². The third-order valence-corrected chi connectivity index (χ3v) is 4.87. The number of rotatable bonds is 4. The van der Waals surface area contributed by atoms with Crippen LogP contribution in [-0.2, 0) is 0 Å².